The number of anilines is 1. The standard InChI is InChI=1S/C32H33BrClN3O4S/c33-26-20-25-12-14-37(32(39)24-6-7-24)31(25)28(21-26)42(40,41)19-13-29(38)35-15-17-36(18-16-35)30(22-4-2-1-3-5-22)23-8-10-27(34)11-9-23/h1-5,8-11,20-21,24,30H,6-7,12-19H2/t30-/m1/s1. The van der Waals surface area contributed by atoms with Crippen LogP contribution in [0.25, 0.3) is 0 Å². The van der Waals surface area contributed by atoms with E-state index in [1.54, 1.807) is 15.9 Å². The number of hydrogen-bond acceptors (Lipinski definition) is 5. The van der Waals surface area contributed by atoms with E-state index < -0.39 is 9.84 Å². The van der Waals surface area contributed by atoms with Crippen LogP contribution in [0, 0.1) is 5.92 Å². The second-order valence-electron chi connectivity index (χ2n) is 11.3. The molecule has 0 N–H and O–H groups in total. The third kappa shape index (κ3) is 6.16. The Morgan fingerprint density at radius 1 is 0.905 bits per heavy atom. The minimum Gasteiger partial charge on any atom is -0.340 e. The molecule has 7 nitrogen and oxygen atoms in total. The van der Waals surface area contributed by atoms with Crippen molar-refractivity contribution < 1.29 is 18.0 Å². The molecule has 0 spiro atoms. The maximum absolute atomic E-state index is 13.6. The molecule has 2 amide bonds. The second-order valence-corrected chi connectivity index (χ2v) is 14.7. The number of halogens is 2. The first-order valence-corrected chi connectivity index (χ1v) is 17.2. The van der Waals surface area contributed by atoms with E-state index in [-0.39, 0.29) is 40.8 Å². The third-order valence-electron chi connectivity index (χ3n) is 8.44. The molecular weight excluding hydrogens is 638 g/mol. The van der Waals surface area contributed by atoms with Gasteiger partial charge in [-0.3, -0.25) is 14.5 Å². The van der Waals surface area contributed by atoms with Crippen LogP contribution in [0.1, 0.15) is 42.0 Å². The summed E-state index contributed by atoms with van der Waals surface area (Å²) >= 11 is 9.60. The van der Waals surface area contributed by atoms with Crippen molar-refractivity contribution in [1.29, 1.82) is 0 Å². The van der Waals surface area contributed by atoms with Crippen molar-refractivity contribution in [3.8, 4) is 0 Å². The minimum atomic E-state index is -3.81. The molecular formula is C32H33BrClN3O4S. The number of fused-ring (bicyclic) bond motifs is 1. The molecule has 0 bridgehead atoms. The van der Waals surface area contributed by atoms with E-state index in [4.69, 9.17) is 11.6 Å². The highest BCUT2D eigenvalue weighted by Crippen LogP contribution is 2.41. The largest absolute Gasteiger partial charge is 0.340 e. The van der Waals surface area contributed by atoms with Gasteiger partial charge in [-0.25, -0.2) is 8.42 Å². The van der Waals surface area contributed by atoms with Gasteiger partial charge in [-0.2, -0.15) is 0 Å². The number of benzene rings is 3. The second kappa shape index (κ2) is 12.1. The molecule has 0 aromatic heterocycles. The van der Waals surface area contributed by atoms with Crippen LogP contribution in [0.15, 0.2) is 76.1 Å². The number of nitrogens with zero attached hydrogens (tertiary/aromatic N) is 3. The maximum atomic E-state index is 13.6. The van der Waals surface area contributed by atoms with Crippen molar-refractivity contribution in [2.45, 2.75) is 36.6 Å². The molecule has 3 aromatic rings. The molecule has 6 rings (SSSR count). The Kier molecular flexibility index (Phi) is 8.46. The SMILES string of the molecule is O=C(CCS(=O)(=O)c1cc(Br)cc2c1N(C(=O)C1CC1)CC2)N1CCN([C@H](c2ccccc2)c2ccc(Cl)cc2)CC1. The highest BCUT2D eigenvalue weighted by molar-refractivity contribution is 9.10. The van der Waals surface area contributed by atoms with Crippen LogP contribution in [0.2, 0.25) is 5.02 Å². The summed E-state index contributed by atoms with van der Waals surface area (Å²) in [7, 11) is -3.81. The normalized spacial score (nSPS) is 18.1. The number of piperazine rings is 1. The monoisotopic (exact) mass is 669 g/mol. The molecule has 1 aliphatic carbocycles. The quantitative estimate of drug-likeness (QED) is 0.317. The summed E-state index contributed by atoms with van der Waals surface area (Å²) < 4.78 is 27.9. The van der Waals surface area contributed by atoms with Crippen molar-refractivity contribution in [3.63, 3.8) is 0 Å². The zero-order valence-corrected chi connectivity index (χ0v) is 26.4. The Hall–Kier alpha value is -2.72. The molecule has 0 unspecified atom stereocenters. The zero-order chi connectivity index (χ0) is 29.4. The van der Waals surface area contributed by atoms with E-state index in [2.05, 4.69) is 33.0 Å². The van der Waals surface area contributed by atoms with E-state index in [1.807, 2.05) is 48.5 Å². The molecule has 3 aromatic carbocycles. The van der Waals surface area contributed by atoms with Crippen LogP contribution in [0.4, 0.5) is 5.69 Å². The average molecular weight is 671 g/mol. The van der Waals surface area contributed by atoms with Gasteiger partial charge in [0.05, 0.1) is 22.4 Å². The lowest BCUT2D eigenvalue weighted by molar-refractivity contribution is -0.132. The molecule has 42 heavy (non-hydrogen) atoms. The van der Waals surface area contributed by atoms with Crippen LogP contribution in [0.5, 0.6) is 0 Å². The molecule has 0 radical (unpaired) electrons. The smallest absolute Gasteiger partial charge is 0.230 e. The molecule has 3 aliphatic rings. The fraction of sp³-hybridized carbons (Fsp3) is 0.375. The van der Waals surface area contributed by atoms with E-state index in [1.165, 1.54) is 5.56 Å². The van der Waals surface area contributed by atoms with Crippen molar-refractivity contribution in [2.75, 3.05) is 43.4 Å². The third-order valence-corrected chi connectivity index (χ3v) is 10.9. The minimum absolute atomic E-state index is 0.00317. The van der Waals surface area contributed by atoms with Crippen molar-refractivity contribution in [2.24, 2.45) is 5.92 Å². The molecule has 2 heterocycles. The van der Waals surface area contributed by atoms with Gasteiger partial charge in [0.15, 0.2) is 9.84 Å². The molecule has 1 atom stereocenters. The molecule has 2 aliphatic heterocycles. The predicted octanol–water partition coefficient (Wildman–Crippen LogP) is 5.50. The fourth-order valence-electron chi connectivity index (χ4n) is 6.09. The first kappa shape index (κ1) is 29.4. The van der Waals surface area contributed by atoms with Crippen molar-refractivity contribution in [3.05, 3.63) is 92.9 Å². The van der Waals surface area contributed by atoms with Gasteiger partial charge >= 0.3 is 0 Å². The number of carbonyl (C=O) groups is 2. The molecule has 220 valence electrons. The van der Waals surface area contributed by atoms with Crippen molar-refractivity contribution >= 4 is 54.9 Å². The lowest BCUT2D eigenvalue weighted by Crippen LogP contribution is -2.50. The van der Waals surface area contributed by atoms with Crippen LogP contribution in [-0.2, 0) is 25.8 Å². The van der Waals surface area contributed by atoms with Crippen molar-refractivity contribution in [1.82, 2.24) is 9.80 Å². The summed E-state index contributed by atoms with van der Waals surface area (Å²) in [6.07, 6.45) is 2.24. The number of amides is 2. The molecule has 1 saturated carbocycles. The summed E-state index contributed by atoms with van der Waals surface area (Å²) in [5.74, 6) is -0.457. The summed E-state index contributed by atoms with van der Waals surface area (Å²) in [6.45, 7) is 2.86. The number of carbonyl (C=O) groups excluding carboxylic acids is 2. The highest BCUT2D eigenvalue weighted by Gasteiger charge is 2.39. The Morgan fingerprint density at radius 2 is 1.57 bits per heavy atom. The summed E-state index contributed by atoms with van der Waals surface area (Å²) in [4.78, 5) is 32.1. The van der Waals surface area contributed by atoms with Gasteiger partial charge in [0.25, 0.3) is 0 Å². The molecule has 1 saturated heterocycles. The Morgan fingerprint density at radius 3 is 2.24 bits per heavy atom. The highest BCUT2D eigenvalue weighted by atomic mass is 79.9. The van der Waals surface area contributed by atoms with Crippen LogP contribution >= 0.6 is 27.5 Å². The summed E-state index contributed by atoms with van der Waals surface area (Å²) in [5, 5.41) is 0.686. The van der Waals surface area contributed by atoms with Gasteiger partial charge in [0, 0.05) is 54.6 Å². The first-order valence-electron chi connectivity index (χ1n) is 14.4. The van der Waals surface area contributed by atoms with Crippen LogP contribution in [-0.4, -0.2) is 68.5 Å². The number of rotatable bonds is 8. The Bertz CT molecular complexity index is 1590. The zero-order valence-electron chi connectivity index (χ0n) is 23.2. The number of hydrogen-bond donors (Lipinski definition) is 0. The summed E-state index contributed by atoms with van der Waals surface area (Å²) in [5.41, 5.74) is 3.66. The lowest BCUT2D eigenvalue weighted by atomic mass is 9.96. The van der Waals surface area contributed by atoms with Gasteiger partial charge < -0.3 is 9.80 Å². The maximum Gasteiger partial charge on any atom is 0.230 e. The van der Waals surface area contributed by atoms with Crippen LogP contribution < -0.4 is 4.90 Å². The molecule has 10 heteroatoms. The van der Waals surface area contributed by atoms with E-state index in [0.29, 0.717) is 54.3 Å². The van der Waals surface area contributed by atoms with Gasteiger partial charge in [-0.15, -0.1) is 0 Å². The van der Waals surface area contributed by atoms with Crippen LogP contribution in [0.3, 0.4) is 0 Å². The Labute approximate surface area is 260 Å². The van der Waals surface area contributed by atoms with Gasteiger partial charge in [-0.05, 0) is 60.2 Å². The van der Waals surface area contributed by atoms with E-state index >= 15 is 0 Å². The first-order chi connectivity index (χ1) is 20.2. The fourth-order valence-corrected chi connectivity index (χ4v) is 8.38. The van der Waals surface area contributed by atoms with E-state index in [9.17, 15) is 18.0 Å². The van der Waals surface area contributed by atoms with E-state index in [0.717, 1.165) is 24.0 Å². The van der Waals surface area contributed by atoms with Gasteiger partial charge in [-0.1, -0.05) is 70.0 Å². The Balaban J connectivity index is 1.12. The molecule has 2 fully saturated rings. The topological polar surface area (TPSA) is 78.0 Å². The number of sulfone groups is 1. The summed E-state index contributed by atoms with van der Waals surface area (Å²) in [6, 6.07) is 21.7. The van der Waals surface area contributed by atoms with Gasteiger partial charge in [0.2, 0.25) is 11.8 Å². The average Bonchev–Trinajstić information content (AvgIpc) is 3.76. The lowest BCUT2D eigenvalue weighted by Gasteiger charge is -2.40. The van der Waals surface area contributed by atoms with Gasteiger partial charge in [0.1, 0.15) is 0 Å². The predicted molar refractivity (Wildman–Crippen MR) is 167 cm³/mol.